The maximum Gasteiger partial charge on any atom is 0.244 e. The molecular weight excluding hydrogens is 437 g/mol. The normalized spacial score (nSPS) is 15.6. The third kappa shape index (κ3) is 3.93. The highest BCUT2D eigenvalue weighted by atomic mass is 35.5. The van der Waals surface area contributed by atoms with Crippen LogP contribution in [0.4, 0.5) is 5.82 Å². The van der Waals surface area contributed by atoms with Crippen LogP contribution in [0.3, 0.4) is 0 Å². The van der Waals surface area contributed by atoms with Crippen LogP contribution < -0.4 is 4.90 Å². The average molecular weight is 454 g/mol. The van der Waals surface area contributed by atoms with Crippen molar-refractivity contribution in [3.63, 3.8) is 0 Å². The fraction of sp³-hybridized carbons (Fsp3) is 0.294. The molecule has 4 rings (SSSR count). The van der Waals surface area contributed by atoms with Crippen molar-refractivity contribution in [2.45, 2.75) is 11.8 Å². The van der Waals surface area contributed by atoms with Crippen LogP contribution in [0.15, 0.2) is 41.8 Å². The summed E-state index contributed by atoms with van der Waals surface area (Å²) in [5.74, 6) is 1.23. The molecule has 152 valence electrons. The Kier molecular flexibility index (Phi) is 5.43. The van der Waals surface area contributed by atoms with E-state index in [1.165, 1.54) is 33.8 Å². The molecule has 0 unspecified atom stereocenters. The summed E-state index contributed by atoms with van der Waals surface area (Å²) in [7, 11) is -3.71. The molecule has 3 aromatic rings. The molecule has 0 radical (unpaired) electrons. The molecule has 0 atom stereocenters. The van der Waals surface area contributed by atoms with Crippen LogP contribution in [0.1, 0.15) is 5.56 Å². The fourth-order valence-corrected chi connectivity index (χ4v) is 5.29. The Labute approximate surface area is 177 Å². The van der Waals surface area contributed by atoms with E-state index in [4.69, 9.17) is 23.2 Å². The monoisotopic (exact) mass is 453 g/mol. The molecule has 1 fully saturated rings. The van der Waals surface area contributed by atoms with E-state index in [0.29, 0.717) is 48.4 Å². The van der Waals surface area contributed by atoms with Crippen LogP contribution in [0, 0.1) is 6.92 Å². The van der Waals surface area contributed by atoms with Crippen molar-refractivity contribution < 1.29 is 8.42 Å². The molecule has 1 aliphatic heterocycles. The lowest BCUT2D eigenvalue weighted by molar-refractivity contribution is 0.383. The van der Waals surface area contributed by atoms with Gasteiger partial charge >= 0.3 is 0 Å². The van der Waals surface area contributed by atoms with E-state index in [1.807, 2.05) is 11.0 Å². The van der Waals surface area contributed by atoms with E-state index in [9.17, 15) is 8.42 Å². The first-order valence-electron chi connectivity index (χ1n) is 8.76. The van der Waals surface area contributed by atoms with Gasteiger partial charge in [0, 0.05) is 31.2 Å². The lowest BCUT2D eigenvalue weighted by Crippen LogP contribution is -2.49. The summed E-state index contributed by atoms with van der Waals surface area (Å²) < 4.78 is 29.0. The van der Waals surface area contributed by atoms with E-state index in [1.54, 1.807) is 13.0 Å². The molecule has 0 spiro atoms. The maximum atomic E-state index is 13.0. The molecule has 9 nitrogen and oxygen atoms in total. The summed E-state index contributed by atoms with van der Waals surface area (Å²) in [6.07, 6.45) is 2.96. The minimum Gasteiger partial charge on any atom is -0.352 e. The number of hydrogen-bond acceptors (Lipinski definition) is 7. The summed E-state index contributed by atoms with van der Waals surface area (Å²) in [5, 5.41) is 12.9. The quantitative estimate of drug-likeness (QED) is 0.596. The molecule has 2 aromatic heterocycles. The van der Waals surface area contributed by atoms with Crippen molar-refractivity contribution in [2.75, 3.05) is 31.1 Å². The first-order valence-corrected chi connectivity index (χ1v) is 11.0. The van der Waals surface area contributed by atoms with Crippen LogP contribution in [0.5, 0.6) is 0 Å². The first-order chi connectivity index (χ1) is 13.9. The second-order valence-electron chi connectivity index (χ2n) is 6.51. The lowest BCUT2D eigenvalue weighted by atomic mass is 10.2. The van der Waals surface area contributed by atoms with Gasteiger partial charge in [0.2, 0.25) is 10.0 Å². The fourth-order valence-electron chi connectivity index (χ4n) is 3.06. The summed E-state index contributed by atoms with van der Waals surface area (Å²) in [4.78, 5) is 5.94. The summed E-state index contributed by atoms with van der Waals surface area (Å²) >= 11 is 12.2. The third-order valence-electron chi connectivity index (χ3n) is 4.68. The standard InChI is InChI=1S/C17H17Cl2N7O2S/c1-12-8-15(14(19)9-13(12)18)29(27,28)25-6-4-24(5-7-25)16-2-3-17(23-22-16)26-11-20-10-21-26/h2-3,8-11H,4-7H2,1H3. The van der Waals surface area contributed by atoms with Crippen LogP contribution >= 0.6 is 23.2 Å². The van der Waals surface area contributed by atoms with E-state index >= 15 is 0 Å². The highest BCUT2D eigenvalue weighted by molar-refractivity contribution is 7.89. The number of piperazine rings is 1. The van der Waals surface area contributed by atoms with Crippen LogP contribution in [-0.2, 0) is 10.0 Å². The molecule has 0 amide bonds. The number of benzene rings is 1. The summed E-state index contributed by atoms with van der Waals surface area (Å²) in [6.45, 7) is 3.35. The van der Waals surface area contributed by atoms with Crippen LogP contribution in [0.2, 0.25) is 10.0 Å². The van der Waals surface area contributed by atoms with Crippen molar-refractivity contribution in [1.29, 1.82) is 0 Å². The average Bonchev–Trinajstić information content (AvgIpc) is 3.26. The number of anilines is 1. The number of rotatable bonds is 4. The molecule has 3 heterocycles. The van der Waals surface area contributed by atoms with Gasteiger partial charge in [-0.15, -0.1) is 10.2 Å². The van der Waals surface area contributed by atoms with Gasteiger partial charge in [0.15, 0.2) is 11.6 Å². The Morgan fingerprint density at radius 3 is 2.28 bits per heavy atom. The van der Waals surface area contributed by atoms with Crippen LogP contribution in [0.25, 0.3) is 5.82 Å². The Morgan fingerprint density at radius 2 is 1.66 bits per heavy atom. The Morgan fingerprint density at radius 1 is 0.966 bits per heavy atom. The summed E-state index contributed by atoms with van der Waals surface area (Å²) in [5.41, 5.74) is 0.663. The molecule has 0 bridgehead atoms. The molecule has 0 saturated carbocycles. The number of nitrogens with zero attached hydrogens (tertiary/aromatic N) is 7. The van der Waals surface area contributed by atoms with Gasteiger partial charge in [-0.3, -0.25) is 0 Å². The first kappa shape index (κ1) is 20.0. The highest BCUT2D eigenvalue weighted by Crippen LogP contribution is 2.31. The molecule has 1 aliphatic rings. The molecular formula is C17H17Cl2N7O2S. The zero-order valence-corrected chi connectivity index (χ0v) is 17.7. The number of sulfonamides is 1. The second-order valence-corrected chi connectivity index (χ2v) is 9.23. The van der Waals surface area contributed by atoms with Gasteiger partial charge in [-0.2, -0.15) is 9.40 Å². The molecule has 12 heteroatoms. The number of aryl methyl sites for hydroxylation is 1. The Bertz CT molecular complexity index is 1110. The highest BCUT2D eigenvalue weighted by Gasteiger charge is 2.31. The number of halogens is 2. The zero-order chi connectivity index (χ0) is 20.6. The Balaban J connectivity index is 1.47. The minimum absolute atomic E-state index is 0.0755. The van der Waals surface area contributed by atoms with Crippen molar-refractivity contribution in [3.05, 3.63) is 52.5 Å². The van der Waals surface area contributed by atoms with Crippen molar-refractivity contribution >= 4 is 39.0 Å². The largest absolute Gasteiger partial charge is 0.352 e. The Hall–Kier alpha value is -2.27. The molecule has 1 aromatic carbocycles. The van der Waals surface area contributed by atoms with Crippen molar-refractivity contribution in [2.24, 2.45) is 0 Å². The zero-order valence-electron chi connectivity index (χ0n) is 15.4. The molecule has 0 N–H and O–H groups in total. The molecule has 1 saturated heterocycles. The molecule has 0 aliphatic carbocycles. The summed E-state index contributed by atoms with van der Waals surface area (Å²) in [6, 6.07) is 6.60. The predicted molar refractivity (Wildman–Crippen MR) is 109 cm³/mol. The maximum absolute atomic E-state index is 13.0. The lowest BCUT2D eigenvalue weighted by Gasteiger charge is -2.34. The van der Waals surface area contributed by atoms with Gasteiger partial charge in [0.05, 0.1) is 5.02 Å². The van der Waals surface area contributed by atoms with Gasteiger partial charge < -0.3 is 4.90 Å². The van der Waals surface area contributed by atoms with E-state index in [0.717, 1.165) is 0 Å². The predicted octanol–water partition coefficient (Wildman–Crippen LogP) is 2.18. The number of hydrogen-bond donors (Lipinski definition) is 0. The van der Waals surface area contributed by atoms with Crippen molar-refractivity contribution in [1.82, 2.24) is 29.3 Å². The SMILES string of the molecule is Cc1cc(S(=O)(=O)N2CCN(c3ccc(-n4cncn4)nn3)CC2)c(Cl)cc1Cl. The van der Waals surface area contributed by atoms with E-state index < -0.39 is 10.0 Å². The smallest absolute Gasteiger partial charge is 0.244 e. The van der Waals surface area contributed by atoms with Gasteiger partial charge in [0.25, 0.3) is 0 Å². The third-order valence-corrected chi connectivity index (χ3v) is 7.45. The van der Waals surface area contributed by atoms with Gasteiger partial charge in [-0.25, -0.2) is 18.1 Å². The van der Waals surface area contributed by atoms with Crippen molar-refractivity contribution in [3.8, 4) is 5.82 Å². The van der Waals surface area contributed by atoms with Gasteiger partial charge in [-0.1, -0.05) is 23.2 Å². The minimum atomic E-state index is -3.71. The topological polar surface area (TPSA) is 97.1 Å². The van der Waals surface area contributed by atoms with E-state index in [2.05, 4.69) is 20.3 Å². The number of aromatic nitrogens is 5. The van der Waals surface area contributed by atoms with Gasteiger partial charge in [0.1, 0.15) is 17.6 Å². The molecule has 29 heavy (non-hydrogen) atoms. The second kappa shape index (κ2) is 7.86. The van der Waals surface area contributed by atoms with Gasteiger partial charge in [-0.05, 0) is 36.8 Å². The van der Waals surface area contributed by atoms with E-state index in [-0.39, 0.29) is 9.92 Å². The van der Waals surface area contributed by atoms with Crippen LogP contribution in [-0.4, -0.2) is 63.9 Å².